The maximum absolute atomic E-state index is 13.3. The van der Waals surface area contributed by atoms with Crippen molar-refractivity contribution in [3.05, 3.63) is 89.0 Å². The number of halogens is 6. The number of benzene rings is 3. The number of nitrogens with zero attached hydrogens (tertiary/aromatic N) is 1. The molecule has 0 saturated carbocycles. The smallest absolute Gasteiger partial charge is 0.416 e. The van der Waals surface area contributed by atoms with E-state index in [2.05, 4.69) is 0 Å². The van der Waals surface area contributed by atoms with Gasteiger partial charge < -0.3 is 10.1 Å². The second-order valence-corrected chi connectivity index (χ2v) is 10.6. The highest BCUT2D eigenvalue weighted by molar-refractivity contribution is 7.92. The van der Waals surface area contributed by atoms with Crippen LogP contribution >= 0.6 is 0 Å². The summed E-state index contributed by atoms with van der Waals surface area (Å²) in [5.74, 6) is -2.35. The minimum atomic E-state index is -5.12. The lowest BCUT2D eigenvalue weighted by Crippen LogP contribution is -2.35. The monoisotopic (exact) mass is 586 g/mol. The standard InChI is InChI=1S/C26H20F6N2O5S/c27-25(28,29)18-12-19(26(30,31)32)14-20(13-18)33-23(35)15-39-24(36)17-6-3-8-21(11-17)40(37,38)34-10-4-7-16-5-1-2-9-22(16)34/h1-3,5-6,8-9,11-14H,4,7,10,15H2,(H,33,35). The number of fused-ring (bicyclic) bond motifs is 1. The number of aryl methyl sites for hydroxylation is 1. The molecule has 1 N–H and O–H groups in total. The molecular weight excluding hydrogens is 566 g/mol. The van der Waals surface area contributed by atoms with Crippen LogP contribution in [-0.2, 0) is 38.3 Å². The highest BCUT2D eigenvalue weighted by atomic mass is 32.2. The quantitative estimate of drug-likeness (QED) is 0.297. The fourth-order valence-corrected chi connectivity index (χ4v) is 5.69. The van der Waals surface area contributed by atoms with E-state index in [-0.39, 0.29) is 23.1 Å². The normalized spacial score (nSPS) is 13.9. The van der Waals surface area contributed by atoms with Crippen molar-refractivity contribution in [1.29, 1.82) is 0 Å². The van der Waals surface area contributed by atoms with Gasteiger partial charge in [0.1, 0.15) is 0 Å². The summed E-state index contributed by atoms with van der Waals surface area (Å²) in [6, 6.07) is 12.4. The van der Waals surface area contributed by atoms with E-state index >= 15 is 0 Å². The third-order valence-corrected chi connectivity index (χ3v) is 7.74. The average Bonchev–Trinajstić information content (AvgIpc) is 2.90. The Hall–Kier alpha value is -4.07. The number of carbonyl (C=O) groups excluding carboxylic acids is 2. The molecule has 1 amide bonds. The van der Waals surface area contributed by atoms with E-state index in [1.807, 2.05) is 11.4 Å². The number of hydrogen-bond donors (Lipinski definition) is 1. The fraction of sp³-hybridized carbons (Fsp3) is 0.231. The van der Waals surface area contributed by atoms with Gasteiger partial charge in [-0.05, 0) is 60.9 Å². The molecule has 0 fully saturated rings. The van der Waals surface area contributed by atoms with E-state index in [0.717, 1.165) is 11.6 Å². The third kappa shape index (κ3) is 6.38. The Morgan fingerprint density at radius 3 is 2.17 bits per heavy atom. The van der Waals surface area contributed by atoms with Crippen molar-refractivity contribution in [3.8, 4) is 0 Å². The predicted molar refractivity (Wildman–Crippen MR) is 131 cm³/mol. The minimum Gasteiger partial charge on any atom is -0.452 e. The van der Waals surface area contributed by atoms with Gasteiger partial charge in [0.2, 0.25) is 0 Å². The van der Waals surface area contributed by atoms with Crippen LogP contribution in [0.3, 0.4) is 0 Å². The van der Waals surface area contributed by atoms with Gasteiger partial charge in [-0.3, -0.25) is 9.10 Å². The molecule has 7 nitrogen and oxygen atoms in total. The number of anilines is 2. The first-order chi connectivity index (χ1) is 18.7. The van der Waals surface area contributed by atoms with Gasteiger partial charge in [-0.25, -0.2) is 13.2 Å². The molecule has 0 saturated heterocycles. The number of amides is 1. The molecule has 1 aliphatic heterocycles. The van der Waals surface area contributed by atoms with Crippen LogP contribution in [0.4, 0.5) is 37.7 Å². The molecule has 1 aliphatic rings. The lowest BCUT2D eigenvalue weighted by molar-refractivity contribution is -0.143. The molecule has 40 heavy (non-hydrogen) atoms. The molecule has 0 unspecified atom stereocenters. The number of hydrogen-bond acceptors (Lipinski definition) is 5. The van der Waals surface area contributed by atoms with Gasteiger partial charge in [0, 0.05) is 12.2 Å². The summed E-state index contributed by atoms with van der Waals surface area (Å²) in [4.78, 5) is 24.5. The van der Waals surface area contributed by atoms with Crippen LogP contribution in [0.2, 0.25) is 0 Å². The SMILES string of the molecule is O=C(COC(=O)c1cccc(S(=O)(=O)N2CCCc3ccccc32)c1)Nc1cc(C(F)(F)F)cc(C(F)(F)F)c1. The van der Waals surface area contributed by atoms with Gasteiger partial charge in [0.25, 0.3) is 15.9 Å². The molecule has 3 aromatic carbocycles. The van der Waals surface area contributed by atoms with Crippen LogP contribution in [0.1, 0.15) is 33.5 Å². The molecular formula is C26H20F6N2O5S. The van der Waals surface area contributed by atoms with Crippen molar-refractivity contribution >= 4 is 33.3 Å². The first-order valence-electron chi connectivity index (χ1n) is 11.6. The minimum absolute atomic E-state index is 0.0980. The van der Waals surface area contributed by atoms with Crippen molar-refractivity contribution in [2.45, 2.75) is 30.1 Å². The van der Waals surface area contributed by atoms with Gasteiger partial charge >= 0.3 is 18.3 Å². The van der Waals surface area contributed by atoms with Gasteiger partial charge in [0.15, 0.2) is 6.61 Å². The Bertz CT molecular complexity index is 1520. The lowest BCUT2D eigenvalue weighted by atomic mass is 10.0. The molecule has 212 valence electrons. The van der Waals surface area contributed by atoms with E-state index in [0.29, 0.717) is 30.7 Å². The number of sulfonamides is 1. The molecule has 0 aliphatic carbocycles. The van der Waals surface area contributed by atoms with Crippen LogP contribution in [0.5, 0.6) is 0 Å². The number of nitrogens with one attached hydrogen (secondary N) is 1. The summed E-state index contributed by atoms with van der Waals surface area (Å²) in [6.07, 6.45) is -8.94. The highest BCUT2D eigenvalue weighted by Gasteiger charge is 2.37. The number of ether oxygens (including phenoxy) is 1. The van der Waals surface area contributed by atoms with Gasteiger partial charge in [-0.15, -0.1) is 0 Å². The predicted octanol–water partition coefficient (Wildman–Crippen LogP) is 5.66. The van der Waals surface area contributed by atoms with Crippen LogP contribution in [0.25, 0.3) is 0 Å². The van der Waals surface area contributed by atoms with Crippen LogP contribution in [0, 0.1) is 0 Å². The zero-order chi connectivity index (χ0) is 29.3. The van der Waals surface area contributed by atoms with E-state index in [1.54, 1.807) is 18.2 Å². The van der Waals surface area contributed by atoms with Crippen molar-refractivity contribution in [2.24, 2.45) is 0 Å². The van der Waals surface area contributed by atoms with Gasteiger partial charge in [-0.2, -0.15) is 26.3 Å². The first-order valence-corrected chi connectivity index (χ1v) is 13.1. The van der Waals surface area contributed by atoms with Crippen molar-refractivity contribution in [1.82, 2.24) is 0 Å². The summed E-state index contributed by atoms with van der Waals surface area (Å²) in [7, 11) is -4.07. The number of para-hydroxylation sites is 1. The largest absolute Gasteiger partial charge is 0.452 e. The summed E-state index contributed by atoms with van der Waals surface area (Å²) in [5, 5.41) is 1.84. The molecule has 14 heteroatoms. The molecule has 0 bridgehead atoms. The fourth-order valence-electron chi connectivity index (χ4n) is 4.10. The van der Waals surface area contributed by atoms with Crippen LogP contribution in [0.15, 0.2) is 71.6 Å². The average molecular weight is 587 g/mol. The topological polar surface area (TPSA) is 92.8 Å². The number of alkyl halides is 6. The molecule has 1 heterocycles. The van der Waals surface area contributed by atoms with E-state index in [1.165, 1.54) is 22.5 Å². The van der Waals surface area contributed by atoms with E-state index < -0.39 is 57.7 Å². The Labute approximate surface area is 224 Å². The maximum Gasteiger partial charge on any atom is 0.416 e. The van der Waals surface area contributed by atoms with E-state index in [9.17, 15) is 44.3 Å². The Morgan fingerprint density at radius 1 is 0.875 bits per heavy atom. The molecule has 0 aromatic heterocycles. The highest BCUT2D eigenvalue weighted by Crippen LogP contribution is 2.37. The Morgan fingerprint density at radius 2 is 1.52 bits per heavy atom. The zero-order valence-corrected chi connectivity index (χ0v) is 21.2. The van der Waals surface area contributed by atoms with Gasteiger partial charge in [-0.1, -0.05) is 24.3 Å². The maximum atomic E-state index is 13.3. The molecule has 0 spiro atoms. The Kier molecular flexibility index (Phi) is 7.83. The number of rotatable bonds is 6. The van der Waals surface area contributed by atoms with Crippen LogP contribution < -0.4 is 9.62 Å². The summed E-state index contributed by atoms with van der Waals surface area (Å²) >= 11 is 0. The third-order valence-electron chi connectivity index (χ3n) is 5.93. The molecule has 0 atom stereocenters. The first kappa shape index (κ1) is 28.9. The lowest BCUT2D eigenvalue weighted by Gasteiger charge is -2.30. The summed E-state index contributed by atoms with van der Waals surface area (Å²) in [6.45, 7) is -0.841. The molecule has 0 radical (unpaired) electrons. The summed E-state index contributed by atoms with van der Waals surface area (Å²) in [5.41, 5.74) is -2.95. The molecule has 4 rings (SSSR count). The second kappa shape index (κ2) is 10.8. The van der Waals surface area contributed by atoms with Crippen molar-refractivity contribution in [2.75, 3.05) is 22.8 Å². The molecule has 3 aromatic rings. The van der Waals surface area contributed by atoms with Crippen molar-refractivity contribution < 1.29 is 49.1 Å². The van der Waals surface area contributed by atoms with Gasteiger partial charge in [0.05, 0.1) is 27.3 Å². The second-order valence-electron chi connectivity index (χ2n) is 8.76. The van der Waals surface area contributed by atoms with E-state index in [4.69, 9.17) is 4.74 Å². The zero-order valence-electron chi connectivity index (χ0n) is 20.3. The Balaban J connectivity index is 1.47. The van der Waals surface area contributed by atoms with Crippen LogP contribution in [-0.4, -0.2) is 33.4 Å². The number of esters is 1. The summed E-state index contributed by atoms with van der Waals surface area (Å²) < 4.78 is 111. The number of carbonyl (C=O) groups is 2. The van der Waals surface area contributed by atoms with Crippen molar-refractivity contribution in [3.63, 3.8) is 0 Å².